The Labute approximate surface area is 165 Å². The molecule has 7 heteroatoms. The van der Waals surface area contributed by atoms with Crippen molar-refractivity contribution in [2.45, 2.75) is 6.54 Å². The number of benzene rings is 2. The molecule has 0 atom stereocenters. The van der Waals surface area contributed by atoms with Crippen molar-refractivity contribution in [1.29, 1.82) is 0 Å². The summed E-state index contributed by atoms with van der Waals surface area (Å²) in [6.07, 6.45) is 1.42. The highest BCUT2D eigenvalue weighted by Crippen LogP contribution is 2.31. The standard InChI is InChI=1S/C21H17N3O3S/c1-27-16-9-7-14(8-10-16)18-11-17-20(28-18)21(26)24(13-22-17)12-19(25)23-15-5-3-2-4-6-15/h2-11,13H,12H2,1H3,(H,23,25). The van der Waals surface area contributed by atoms with E-state index < -0.39 is 0 Å². The number of anilines is 1. The van der Waals surface area contributed by atoms with Crippen molar-refractivity contribution in [2.24, 2.45) is 0 Å². The van der Waals surface area contributed by atoms with Crippen LogP contribution in [0.5, 0.6) is 5.75 Å². The second-order valence-electron chi connectivity index (χ2n) is 6.15. The highest BCUT2D eigenvalue weighted by molar-refractivity contribution is 7.22. The number of ether oxygens (including phenoxy) is 1. The van der Waals surface area contributed by atoms with Crippen LogP contribution < -0.4 is 15.6 Å². The maximum absolute atomic E-state index is 12.8. The number of carbonyl (C=O) groups is 1. The molecule has 1 N–H and O–H groups in total. The van der Waals surface area contributed by atoms with E-state index in [-0.39, 0.29) is 18.0 Å². The number of rotatable bonds is 5. The summed E-state index contributed by atoms with van der Waals surface area (Å²) in [4.78, 5) is 30.3. The lowest BCUT2D eigenvalue weighted by atomic mass is 10.2. The van der Waals surface area contributed by atoms with E-state index in [9.17, 15) is 9.59 Å². The fourth-order valence-corrected chi connectivity index (χ4v) is 3.90. The summed E-state index contributed by atoms with van der Waals surface area (Å²) in [5, 5.41) is 2.77. The zero-order valence-corrected chi connectivity index (χ0v) is 15.9. The van der Waals surface area contributed by atoms with Gasteiger partial charge in [-0.1, -0.05) is 18.2 Å². The molecule has 0 saturated carbocycles. The number of nitrogens with zero attached hydrogens (tertiary/aromatic N) is 2. The van der Waals surface area contributed by atoms with Gasteiger partial charge in [-0.3, -0.25) is 14.2 Å². The maximum atomic E-state index is 12.8. The van der Waals surface area contributed by atoms with Crippen LogP contribution in [0.3, 0.4) is 0 Å². The average Bonchev–Trinajstić information content (AvgIpc) is 3.16. The Bertz CT molecular complexity index is 1180. The number of thiophene rings is 1. The van der Waals surface area contributed by atoms with E-state index >= 15 is 0 Å². The lowest BCUT2D eigenvalue weighted by Crippen LogP contribution is -2.27. The number of hydrogen-bond acceptors (Lipinski definition) is 5. The van der Waals surface area contributed by atoms with Gasteiger partial charge >= 0.3 is 0 Å². The molecule has 0 aliphatic carbocycles. The van der Waals surface area contributed by atoms with Gasteiger partial charge in [-0.2, -0.15) is 0 Å². The summed E-state index contributed by atoms with van der Waals surface area (Å²) in [5.41, 5.74) is 2.07. The molecule has 28 heavy (non-hydrogen) atoms. The molecule has 2 heterocycles. The van der Waals surface area contributed by atoms with Crippen LogP contribution in [0.15, 0.2) is 71.8 Å². The highest BCUT2D eigenvalue weighted by Gasteiger charge is 2.12. The third-order valence-corrected chi connectivity index (χ3v) is 5.41. The number of fused-ring (bicyclic) bond motifs is 1. The average molecular weight is 391 g/mol. The molecule has 4 rings (SSSR count). The number of hydrogen-bond donors (Lipinski definition) is 1. The molecule has 0 fully saturated rings. The van der Waals surface area contributed by atoms with E-state index in [1.54, 1.807) is 19.2 Å². The van der Waals surface area contributed by atoms with E-state index in [2.05, 4.69) is 10.3 Å². The molecular formula is C21H17N3O3S. The van der Waals surface area contributed by atoms with Gasteiger partial charge in [-0.25, -0.2) is 4.98 Å². The van der Waals surface area contributed by atoms with Crippen LogP contribution in [0.2, 0.25) is 0 Å². The molecule has 0 bridgehead atoms. The molecular weight excluding hydrogens is 374 g/mol. The van der Waals surface area contributed by atoms with Crippen molar-refractivity contribution < 1.29 is 9.53 Å². The predicted molar refractivity (Wildman–Crippen MR) is 111 cm³/mol. The van der Waals surface area contributed by atoms with Crippen molar-refractivity contribution >= 4 is 33.1 Å². The summed E-state index contributed by atoms with van der Waals surface area (Å²) in [6, 6.07) is 18.6. The first-order chi connectivity index (χ1) is 13.6. The van der Waals surface area contributed by atoms with Crippen LogP contribution >= 0.6 is 11.3 Å². The van der Waals surface area contributed by atoms with Gasteiger partial charge in [-0.15, -0.1) is 11.3 Å². The van der Waals surface area contributed by atoms with Crippen LogP contribution in [0.25, 0.3) is 20.7 Å². The van der Waals surface area contributed by atoms with Gasteiger partial charge in [0.2, 0.25) is 5.91 Å². The third-order valence-electron chi connectivity index (χ3n) is 4.25. The molecule has 0 radical (unpaired) electrons. The van der Waals surface area contributed by atoms with Crippen LogP contribution in [-0.2, 0) is 11.3 Å². The van der Waals surface area contributed by atoms with Gasteiger partial charge in [-0.05, 0) is 48.0 Å². The molecule has 1 amide bonds. The Morgan fingerprint density at radius 2 is 1.89 bits per heavy atom. The minimum atomic E-state index is -0.276. The summed E-state index contributed by atoms with van der Waals surface area (Å²) >= 11 is 1.37. The van der Waals surface area contributed by atoms with Crippen molar-refractivity contribution in [3.05, 3.63) is 77.3 Å². The minimum Gasteiger partial charge on any atom is -0.497 e. The predicted octanol–water partition coefficient (Wildman–Crippen LogP) is 3.77. The molecule has 6 nitrogen and oxygen atoms in total. The summed E-state index contributed by atoms with van der Waals surface area (Å²) < 4.78 is 7.04. The Kier molecular flexibility index (Phi) is 4.90. The molecule has 0 aliphatic heterocycles. The second-order valence-corrected chi connectivity index (χ2v) is 7.20. The SMILES string of the molecule is COc1ccc(-c2cc3ncn(CC(=O)Nc4ccccc4)c(=O)c3s2)cc1. The molecule has 2 aromatic carbocycles. The largest absolute Gasteiger partial charge is 0.497 e. The third kappa shape index (κ3) is 3.65. The maximum Gasteiger partial charge on any atom is 0.271 e. The van der Waals surface area contributed by atoms with Crippen molar-refractivity contribution in [2.75, 3.05) is 12.4 Å². The number of amides is 1. The Hall–Kier alpha value is -3.45. The van der Waals surface area contributed by atoms with Crippen LogP contribution in [-0.4, -0.2) is 22.6 Å². The fourth-order valence-electron chi connectivity index (χ4n) is 2.83. The lowest BCUT2D eigenvalue weighted by molar-refractivity contribution is -0.116. The number of para-hydroxylation sites is 1. The van der Waals surface area contributed by atoms with Gasteiger partial charge in [0.1, 0.15) is 17.0 Å². The fraction of sp³-hybridized carbons (Fsp3) is 0.0952. The number of aromatic nitrogens is 2. The second kappa shape index (κ2) is 7.66. The quantitative estimate of drug-likeness (QED) is 0.562. The first-order valence-electron chi connectivity index (χ1n) is 8.62. The highest BCUT2D eigenvalue weighted by atomic mass is 32.1. The van der Waals surface area contributed by atoms with E-state index in [0.29, 0.717) is 15.9 Å². The van der Waals surface area contributed by atoms with E-state index in [1.807, 2.05) is 48.5 Å². The van der Waals surface area contributed by atoms with Crippen molar-refractivity contribution in [1.82, 2.24) is 9.55 Å². The zero-order valence-electron chi connectivity index (χ0n) is 15.1. The van der Waals surface area contributed by atoms with Crippen LogP contribution in [0, 0.1) is 0 Å². The molecule has 0 spiro atoms. The Morgan fingerprint density at radius 3 is 2.61 bits per heavy atom. The van der Waals surface area contributed by atoms with Crippen molar-refractivity contribution in [3.8, 4) is 16.2 Å². The number of nitrogens with one attached hydrogen (secondary N) is 1. The van der Waals surface area contributed by atoms with Gasteiger partial charge in [0.05, 0.1) is 19.0 Å². The Balaban J connectivity index is 1.59. The van der Waals surface area contributed by atoms with E-state index in [0.717, 1.165) is 16.2 Å². The summed E-state index contributed by atoms with van der Waals surface area (Å²) in [6.45, 7) is -0.0908. The van der Waals surface area contributed by atoms with Gasteiger partial charge in [0.15, 0.2) is 0 Å². The zero-order chi connectivity index (χ0) is 19.5. The smallest absolute Gasteiger partial charge is 0.271 e. The minimum absolute atomic E-state index is 0.0908. The molecule has 0 saturated heterocycles. The summed E-state index contributed by atoms with van der Waals surface area (Å²) in [5.74, 6) is 0.496. The Morgan fingerprint density at radius 1 is 1.14 bits per heavy atom. The molecule has 0 aliphatic rings. The normalized spacial score (nSPS) is 10.8. The van der Waals surface area contributed by atoms with E-state index in [4.69, 9.17) is 4.74 Å². The van der Waals surface area contributed by atoms with Gasteiger partial charge in [0.25, 0.3) is 5.56 Å². The first-order valence-corrected chi connectivity index (χ1v) is 9.44. The topological polar surface area (TPSA) is 73.2 Å². The van der Waals surface area contributed by atoms with Gasteiger partial charge in [0, 0.05) is 10.6 Å². The molecule has 140 valence electrons. The molecule has 2 aromatic heterocycles. The lowest BCUT2D eigenvalue weighted by Gasteiger charge is -2.06. The van der Waals surface area contributed by atoms with E-state index in [1.165, 1.54) is 22.2 Å². The first kappa shape index (κ1) is 17.9. The van der Waals surface area contributed by atoms with Crippen LogP contribution in [0.1, 0.15) is 0 Å². The van der Waals surface area contributed by atoms with Crippen LogP contribution in [0.4, 0.5) is 5.69 Å². The number of carbonyl (C=O) groups excluding carboxylic acids is 1. The number of methoxy groups -OCH3 is 1. The molecule has 4 aromatic rings. The summed E-state index contributed by atoms with van der Waals surface area (Å²) in [7, 11) is 1.62. The monoisotopic (exact) mass is 391 g/mol. The molecule has 0 unspecified atom stereocenters. The van der Waals surface area contributed by atoms with Gasteiger partial charge < -0.3 is 10.1 Å². The van der Waals surface area contributed by atoms with Crippen molar-refractivity contribution in [3.63, 3.8) is 0 Å².